The van der Waals surface area contributed by atoms with Crippen molar-refractivity contribution in [1.29, 1.82) is 0 Å². The van der Waals surface area contributed by atoms with Crippen LogP contribution in [0.5, 0.6) is 5.75 Å². The molecule has 0 bridgehead atoms. The lowest BCUT2D eigenvalue weighted by atomic mass is 10.1. The molecule has 0 radical (unpaired) electrons. The summed E-state index contributed by atoms with van der Waals surface area (Å²) in [6.07, 6.45) is -10.1. The molecule has 2 aromatic rings. The van der Waals surface area contributed by atoms with Crippen molar-refractivity contribution in [2.24, 2.45) is 0 Å². The molecule has 13 heteroatoms. The van der Waals surface area contributed by atoms with Crippen molar-refractivity contribution in [3.8, 4) is 5.75 Å². The Bertz CT molecular complexity index is 1110. The molecular weight excluding hydrogens is 443 g/mol. The summed E-state index contributed by atoms with van der Waals surface area (Å²) in [6.45, 7) is 3.11. The molecular formula is C17H10F5O7S-. The van der Waals surface area contributed by atoms with E-state index in [1.165, 1.54) is 24.3 Å². The molecule has 0 saturated carbocycles. The number of fused-ring (bicyclic) bond motifs is 1. The Kier molecular flexibility index (Phi) is 6.18. The first-order valence-corrected chi connectivity index (χ1v) is 9.08. The van der Waals surface area contributed by atoms with Gasteiger partial charge in [0.2, 0.25) is 0 Å². The van der Waals surface area contributed by atoms with Crippen LogP contribution in [-0.2, 0) is 19.6 Å². The standard InChI is InChI=1S/C17H11F5O7S/c1-2-12(23)28-13-10-6-4-3-5-9(10)7-8-11(13)14(24)29-15(16(18,19)20)17(21,22)30(25,26)27/h2-8,15H,1H2,(H,25,26,27)/p-1. The van der Waals surface area contributed by atoms with Crippen LogP contribution in [0.3, 0.4) is 0 Å². The third-order valence-corrected chi connectivity index (χ3v) is 4.51. The molecule has 0 aliphatic heterocycles. The lowest BCUT2D eigenvalue weighted by Crippen LogP contribution is -2.52. The van der Waals surface area contributed by atoms with E-state index in [0.29, 0.717) is 11.5 Å². The van der Waals surface area contributed by atoms with E-state index in [1.807, 2.05) is 0 Å². The number of hydrogen-bond acceptors (Lipinski definition) is 7. The topological polar surface area (TPSA) is 110 Å². The average Bonchev–Trinajstić information content (AvgIpc) is 2.64. The second-order valence-corrected chi connectivity index (χ2v) is 7.08. The van der Waals surface area contributed by atoms with Gasteiger partial charge in [-0.2, -0.15) is 22.0 Å². The fraction of sp³-hybridized carbons (Fsp3) is 0.176. The summed E-state index contributed by atoms with van der Waals surface area (Å²) >= 11 is 0. The number of halogens is 5. The van der Waals surface area contributed by atoms with Crippen molar-refractivity contribution >= 4 is 32.8 Å². The third kappa shape index (κ3) is 4.57. The summed E-state index contributed by atoms with van der Waals surface area (Å²) in [7, 11) is -6.86. The molecule has 2 aromatic carbocycles. The minimum absolute atomic E-state index is 0.0221. The summed E-state index contributed by atoms with van der Waals surface area (Å²) in [5.41, 5.74) is -0.905. The van der Waals surface area contributed by atoms with Gasteiger partial charge in [0.1, 0.15) is 5.56 Å². The SMILES string of the molecule is C=CC(=O)Oc1c(C(=O)OC(C(F)(F)F)C(F)(F)S(=O)(=O)[O-])ccc2ccccc12. The van der Waals surface area contributed by atoms with Crippen molar-refractivity contribution in [3.05, 3.63) is 54.6 Å². The van der Waals surface area contributed by atoms with Crippen LogP contribution in [0.25, 0.3) is 10.8 Å². The van der Waals surface area contributed by atoms with E-state index >= 15 is 0 Å². The molecule has 0 fully saturated rings. The molecule has 0 aromatic heterocycles. The molecule has 162 valence electrons. The molecule has 30 heavy (non-hydrogen) atoms. The number of esters is 2. The molecule has 0 spiro atoms. The zero-order chi connectivity index (χ0) is 22.9. The van der Waals surface area contributed by atoms with E-state index < -0.39 is 50.9 Å². The highest BCUT2D eigenvalue weighted by Crippen LogP contribution is 2.39. The normalized spacial score (nSPS) is 13.5. The minimum atomic E-state index is -6.86. The minimum Gasteiger partial charge on any atom is -0.743 e. The van der Waals surface area contributed by atoms with E-state index in [0.717, 1.165) is 6.07 Å². The van der Waals surface area contributed by atoms with Crippen LogP contribution in [0.15, 0.2) is 49.1 Å². The molecule has 0 N–H and O–H groups in total. The molecule has 7 nitrogen and oxygen atoms in total. The summed E-state index contributed by atoms with van der Waals surface area (Å²) in [4.78, 5) is 23.8. The fourth-order valence-corrected chi connectivity index (χ4v) is 2.73. The summed E-state index contributed by atoms with van der Waals surface area (Å²) in [6, 6.07) is 7.73. The second kappa shape index (κ2) is 7.99. The Hall–Kier alpha value is -3.06. The molecule has 1 unspecified atom stereocenters. The van der Waals surface area contributed by atoms with Crippen molar-refractivity contribution in [2.75, 3.05) is 0 Å². The number of ether oxygens (including phenoxy) is 2. The van der Waals surface area contributed by atoms with Gasteiger partial charge in [0.25, 0.3) is 6.10 Å². The van der Waals surface area contributed by atoms with E-state index in [2.05, 4.69) is 11.3 Å². The molecule has 1 atom stereocenters. The smallest absolute Gasteiger partial charge is 0.432 e. The van der Waals surface area contributed by atoms with Crippen LogP contribution in [0.1, 0.15) is 10.4 Å². The van der Waals surface area contributed by atoms with E-state index in [1.54, 1.807) is 6.07 Å². The highest BCUT2D eigenvalue weighted by atomic mass is 32.2. The van der Waals surface area contributed by atoms with Crippen molar-refractivity contribution in [2.45, 2.75) is 17.5 Å². The Balaban J connectivity index is 2.60. The van der Waals surface area contributed by atoms with Crippen molar-refractivity contribution < 1.29 is 54.0 Å². The fourth-order valence-electron chi connectivity index (χ4n) is 2.28. The molecule has 0 saturated heterocycles. The van der Waals surface area contributed by atoms with Gasteiger partial charge in [0, 0.05) is 11.5 Å². The highest BCUT2D eigenvalue weighted by molar-refractivity contribution is 7.86. The number of carbonyl (C=O) groups is 2. The molecule has 0 heterocycles. The van der Waals surface area contributed by atoms with Crippen LogP contribution in [-0.4, -0.2) is 42.4 Å². The van der Waals surface area contributed by atoms with Gasteiger partial charge in [-0.05, 0) is 11.5 Å². The van der Waals surface area contributed by atoms with Crippen LogP contribution in [0.4, 0.5) is 22.0 Å². The maximum Gasteiger partial charge on any atom is 0.432 e. The van der Waals surface area contributed by atoms with E-state index in [-0.39, 0.29) is 5.39 Å². The molecule has 0 aliphatic carbocycles. The molecule has 0 aliphatic rings. The number of carbonyl (C=O) groups excluding carboxylic acids is 2. The summed E-state index contributed by atoms with van der Waals surface area (Å²) < 4.78 is 106. The summed E-state index contributed by atoms with van der Waals surface area (Å²) in [5, 5.41) is -5.65. The van der Waals surface area contributed by atoms with Crippen molar-refractivity contribution in [1.82, 2.24) is 0 Å². The molecule has 2 rings (SSSR count). The summed E-state index contributed by atoms with van der Waals surface area (Å²) in [5.74, 6) is -3.89. The lowest BCUT2D eigenvalue weighted by Gasteiger charge is -2.29. The molecule has 0 amide bonds. The monoisotopic (exact) mass is 453 g/mol. The quantitative estimate of drug-likeness (QED) is 0.217. The third-order valence-electron chi connectivity index (χ3n) is 3.63. The second-order valence-electron chi connectivity index (χ2n) is 5.63. The van der Waals surface area contributed by atoms with E-state index in [9.17, 15) is 44.5 Å². The van der Waals surface area contributed by atoms with Crippen molar-refractivity contribution in [3.63, 3.8) is 0 Å². The van der Waals surface area contributed by atoms with Gasteiger partial charge < -0.3 is 14.0 Å². The maximum atomic E-state index is 13.6. The Morgan fingerprint density at radius 2 is 1.67 bits per heavy atom. The number of hydrogen-bond donors (Lipinski definition) is 0. The van der Waals surface area contributed by atoms with Crippen LogP contribution < -0.4 is 4.74 Å². The number of rotatable bonds is 6. The van der Waals surface area contributed by atoms with Gasteiger partial charge in [0.15, 0.2) is 15.9 Å². The Labute approximate surface area is 165 Å². The van der Waals surface area contributed by atoms with Gasteiger partial charge >= 0.3 is 23.4 Å². The van der Waals surface area contributed by atoms with Gasteiger partial charge in [-0.1, -0.05) is 36.9 Å². The average molecular weight is 453 g/mol. The highest BCUT2D eigenvalue weighted by Gasteiger charge is 2.63. The largest absolute Gasteiger partial charge is 0.743 e. The first kappa shape index (κ1) is 23.2. The van der Waals surface area contributed by atoms with Gasteiger partial charge in [-0.3, -0.25) is 0 Å². The van der Waals surface area contributed by atoms with Gasteiger partial charge in [-0.15, -0.1) is 0 Å². The van der Waals surface area contributed by atoms with Crippen LogP contribution in [0, 0.1) is 0 Å². The van der Waals surface area contributed by atoms with Crippen LogP contribution in [0.2, 0.25) is 0 Å². The Morgan fingerprint density at radius 1 is 1.07 bits per heavy atom. The van der Waals surface area contributed by atoms with Crippen LogP contribution >= 0.6 is 0 Å². The van der Waals surface area contributed by atoms with E-state index in [4.69, 9.17) is 4.74 Å². The predicted molar refractivity (Wildman–Crippen MR) is 89.7 cm³/mol. The zero-order valence-electron chi connectivity index (χ0n) is 14.5. The number of alkyl halides is 5. The van der Waals surface area contributed by atoms with Gasteiger partial charge in [-0.25, -0.2) is 18.0 Å². The maximum absolute atomic E-state index is 13.6. The lowest BCUT2D eigenvalue weighted by molar-refractivity contribution is -0.248. The first-order valence-electron chi connectivity index (χ1n) is 7.67. The Morgan fingerprint density at radius 3 is 2.20 bits per heavy atom. The number of benzene rings is 2. The van der Waals surface area contributed by atoms with Gasteiger partial charge in [0.05, 0.1) is 0 Å². The zero-order valence-corrected chi connectivity index (χ0v) is 15.3. The first-order chi connectivity index (χ1) is 13.7. The predicted octanol–water partition coefficient (Wildman–Crippen LogP) is 3.16.